The summed E-state index contributed by atoms with van der Waals surface area (Å²) in [6.45, 7) is 7.96. The number of aromatic nitrogens is 2. The van der Waals surface area contributed by atoms with E-state index in [1.54, 1.807) is 0 Å². The number of aromatic amines is 1. The second-order valence-corrected chi connectivity index (χ2v) is 8.22. The summed E-state index contributed by atoms with van der Waals surface area (Å²) in [6.07, 6.45) is 3.83. The zero-order valence-electron chi connectivity index (χ0n) is 16.4. The van der Waals surface area contributed by atoms with Crippen LogP contribution in [0.1, 0.15) is 41.8 Å². The summed E-state index contributed by atoms with van der Waals surface area (Å²) in [5.74, 6) is 0.905. The second kappa shape index (κ2) is 7.85. The number of H-pyrrole nitrogens is 1. The van der Waals surface area contributed by atoms with Crippen LogP contribution in [0.5, 0.6) is 0 Å². The van der Waals surface area contributed by atoms with Crippen LogP contribution in [-0.4, -0.2) is 51.6 Å². The molecule has 0 radical (unpaired) electrons. The van der Waals surface area contributed by atoms with Crippen LogP contribution in [0, 0.1) is 19.8 Å². The minimum absolute atomic E-state index is 0.300. The van der Waals surface area contributed by atoms with Crippen molar-refractivity contribution in [1.29, 1.82) is 0 Å². The molecule has 3 saturated heterocycles. The molecule has 1 aromatic carbocycles. The molecular weight excluding hydrogens is 336 g/mol. The van der Waals surface area contributed by atoms with Crippen LogP contribution in [0.15, 0.2) is 30.3 Å². The van der Waals surface area contributed by atoms with Gasteiger partial charge in [-0.15, -0.1) is 0 Å². The van der Waals surface area contributed by atoms with Gasteiger partial charge in [0.05, 0.1) is 5.69 Å². The normalized spacial score (nSPS) is 22.8. The Morgan fingerprint density at radius 1 is 1.15 bits per heavy atom. The molecule has 1 aromatic heterocycles. The molecular formula is C22H30N4O. The highest BCUT2D eigenvalue weighted by molar-refractivity contribution is 5.76. The van der Waals surface area contributed by atoms with Gasteiger partial charge >= 0.3 is 0 Å². The summed E-state index contributed by atoms with van der Waals surface area (Å²) in [4.78, 5) is 17.7. The van der Waals surface area contributed by atoms with Gasteiger partial charge in [0.25, 0.3) is 0 Å². The fraction of sp³-hybridized carbons (Fsp3) is 0.545. The highest BCUT2D eigenvalue weighted by Crippen LogP contribution is 2.29. The van der Waals surface area contributed by atoms with Crippen LogP contribution in [0.4, 0.5) is 0 Å². The molecule has 5 nitrogen and oxygen atoms in total. The predicted molar refractivity (Wildman–Crippen MR) is 106 cm³/mol. The van der Waals surface area contributed by atoms with Gasteiger partial charge in [-0.05, 0) is 50.2 Å². The number of nitrogens with one attached hydrogen (secondary N) is 1. The van der Waals surface area contributed by atoms with Crippen molar-refractivity contribution >= 4 is 5.91 Å². The van der Waals surface area contributed by atoms with Gasteiger partial charge in [-0.2, -0.15) is 5.10 Å². The molecule has 0 unspecified atom stereocenters. The molecule has 5 rings (SSSR count). The van der Waals surface area contributed by atoms with E-state index in [0.717, 1.165) is 44.0 Å². The average Bonchev–Trinajstić information content (AvgIpc) is 2.84. The fourth-order valence-corrected chi connectivity index (χ4v) is 4.73. The number of benzene rings is 1. The van der Waals surface area contributed by atoms with E-state index in [-0.39, 0.29) is 0 Å². The van der Waals surface area contributed by atoms with Crippen LogP contribution in [-0.2, 0) is 17.8 Å². The molecule has 144 valence electrons. The van der Waals surface area contributed by atoms with E-state index < -0.39 is 0 Å². The van der Waals surface area contributed by atoms with E-state index in [0.29, 0.717) is 24.3 Å². The number of nitrogens with zero attached hydrogens (tertiary/aromatic N) is 3. The maximum atomic E-state index is 12.9. The quantitative estimate of drug-likeness (QED) is 0.885. The maximum absolute atomic E-state index is 12.9. The van der Waals surface area contributed by atoms with Crippen molar-refractivity contribution in [2.75, 3.05) is 19.6 Å². The van der Waals surface area contributed by atoms with Gasteiger partial charge in [0.2, 0.25) is 5.91 Å². The van der Waals surface area contributed by atoms with Crippen molar-refractivity contribution in [2.24, 2.45) is 5.92 Å². The smallest absolute Gasteiger partial charge is 0.222 e. The SMILES string of the molecule is Cc1n[nH]c(C)c1CCC(=O)N1C[C@@H]2CC[C@H](C1)N(Cc1ccccc1)C2. The van der Waals surface area contributed by atoms with Crippen LogP contribution >= 0.6 is 0 Å². The molecule has 3 aliphatic heterocycles. The van der Waals surface area contributed by atoms with E-state index in [1.807, 2.05) is 13.8 Å². The Morgan fingerprint density at radius 3 is 2.70 bits per heavy atom. The number of aryl methyl sites for hydroxylation is 2. The lowest BCUT2D eigenvalue weighted by atomic mass is 9.94. The van der Waals surface area contributed by atoms with E-state index in [9.17, 15) is 4.79 Å². The number of piperidine rings is 1. The van der Waals surface area contributed by atoms with Crippen molar-refractivity contribution in [2.45, 2.75) is 52.1 Å². The van der Waals surface area contributed by atoms with Crippen LogP contribution in [0.25, 0.3) is 0 Å². The Morgan fingerprint density at radius 2 is 1.96 bits per heavy atom. The molecule has 4 heterocycles. The molecule has 0 spiro atoms. The third-order valence-corrected chi connectivity index (χ3v) is 6.28. The largest absolute Gasteiger partial charge is 0.341 e. The van der Waals surface area contributed by atoms with Gasteiger partial charge in [-0.1, -0.05) is 30.3 Å². The van der Waals surface area contributed by atoms with Gasteiger partial charge in [-0.3, -0.25) is 14.8 Å². The Balaban J connectivity index is 1.38. The van der Waals surface area contributed by atoms with Gasteiger partial charge < -0.3 is 4.90 Å². The first-order chi connectivity index (χ1) is 13.1. The summed E-state index contributed by atoms with van der Waals surface area (Å²) < 4.78 is 0. The number of hydrogen-bond donors (Lipinski definition) is 1. The summed E-state index contributed by atoms with van der Waals surface area (Å²) in [6, 6.07) is 11.2. The van der Waals surface area contributed by atoms with Crippen molar-refractivity contribution < 1.29 is 4.79 Å². The predicted octanol–water partition coefficient (Wildman–Crippen LogP) is 3.08. The molecule has 5 heteroatoms. The van der Waals surface area contributed by atoms with Gasteiger partial charge in [0, 0.05) is 44.3 Å². The average molecular weight is 367 g/mol. The first kappa shape index (κ1) is 18.2. The highest BCUT2D eigenvalue weighted by Gasteiger charge is 2.36. The van der Waals surface area contributed by atoms with Crippen LogP contribution in [0.3, 0.4) is 0 Å². The Kier molecular flexibility index (Phi) is 5.30. The topological polar surface area (TPSA) is 52.2 Å². The number of rotatable bonds is 5. The second-order valence-electron chi connectivity index (χ2n) is 8.22. The van der Waals surface area contributed by atoms with E-state index in [1.165, 1.54) is 24.0 Å². The molecule has 3 aliphatic rings. The van der Waals surface area contributed by atoms with Crippen LogP contribution < -0.4 is 0 Å². The standard InChI is InChI=1S/C22H30N4O/c1-16-21(17(2)24-23-16)10-11-22(27)26-14-19-8-9-20(15-26)25(13-19)12-18-6-4-3-5-7-18/h3-7,19-20H,8-15H2,1-2H3,(H,23,24)/t19-,20-/m1/s1. The molecule has 2 bridgehead atoms. The molecule has 2 atom stereocenters. The number of carbonyl (C=O) groups is 1. The van der Waals surface area contributed by atoms with E-state index in [2.05, 4.69) is 50.3 Å². The molecule has 1 amide bonds. The highest BCUT2D eigenvalue weighted by atomic mass is 16.2. The van der Waals surface area contributed by atoms with Crippen molar-refractivity contribution in [1.82, 2.24) is 20.0 Å². The lowest BCUT2D eigenvalue weighted by Crippen LogP contribution is -2.43. The number of amides is 1. The van der Waals surface area contributed by atoms with E-state index >= 15 is 0 Å². The zero-order valence-corrected chi connectivity index (χ0v) is 16.4. The maximum Gasteiger partial charge on any atom is 0.222 e. The summed E-state index contributed by atoms with van der Waals surface area (Å²) in [5, 5.41) is 7.27. The number of carbonyl (C=O) groups excluding carboxylic acids is 1. The fourth-order valence-electron chi connectivity index (χ4n) is 4.73. The minimum Gasteiger partial charge on any atom is -0.341 e. The molecule has 0 saturated carbocycles. The number of hydrogen-bond acceptors (Lipinski definition) is 3. The van der Waals surface area contributed by atoms with Crippen LogP contribution in [0.2, 0.25) is 0 Å². The van der Waals surface area contributed by atoms with Gasteiger partial charge in [-0.25, -0.2) is 0 Å². The van der Waals surface area contributed by atoms with Crippen molar-refractivity contribution in [3.63, 3.8) is 0 Å². The molecule has 0 aliphatic carbocycles. The molecule has 1 N–H and O–H groups in total. The van der Waals surface area contributed by atoms with Crippen molar-refractivity contribution in [3.05, 3.63) is 52.8 Å². The zero-order chi connectivity index (χ0) is 18.8. The Labute approximate surface area is 161 Å². The summed E-state index contributed by atoms with van der Waals surface area (Å²) >= 11 is 0. The minimum atomic E-state index is 0.300. The molecule has 27 heavy (non-hydrogen) atoms. The molecule has 2 aromatic rings. The Bertz CT molecular complexity index is 765. The van der Waals surface area contributed by atoms with Gasteiger partial charge in [0.15, 0.2) is 0 Å². The third-order valence-electron chi connectivity index (χ3n) is 6.28. The third kappa shape index (κ3) is 4.08. The lowest BCUT2D eigenvalue weighted by Gasteiger charge is -2.36. The van der Waals surface area contributed by atoms with Gasteiger partial charge in [0.1, 0.15) is 0 Å². The van der Waals surface area contributed by atoms with E-state index in [4.69, 9.17) is 0 Å². The summed E-state index contributed by atoms with van der Waals surface area (Å²) in [5.41, 5.74) is 4.68. The summed E-state index contributed by atoms with van der Waals surface area (Å²) in [7, 11) is 0. The number of fused-ring (bicyclic) bond motifs is 4. The molecule has 3 fully saturated rings. The lowest BCUT2D eigenvalue weighted by molar-refractivity contribution is -0.131. The first-order valence-corrected chi connectivity index (χ1v) is 10.2. The Hall–Kier alpha value is -2.14. The first-order valence-electron chi connectivity index (χ1n) is 10.2. The monoisotopic (exact) mass is 366 g/mol. The van der Waals surface area contributed by atoms with Crippen molar-refractivity contribution in [3.8, 4) is 0 Å².